The maximum Gasteiger partial charge on any atom is 0.230 e. The Morgan fingerprint density at radius 3 is 2.46 bits per heavy atom. The first-order chi connectivity index (χ1) is 11.6. The van der Waals surface area contributed by atoms with Gasteiger partial charge in [0.05, 0.1) is 5.41 Å². The van der Waals surface area contributed by atoms with Crippen molar-refractivity contribution in [3.05, 3.63) is 35.6 Å². The van der Waals surface area contributed by atoms with Gasteiger partial charge >= 0.3 is 0 Å². The SMILES string of the molecule is CCN(CC)CCCCNC(=O)C1(c2ccccc2F)CCCC1. The lowest BCUT2D eigenvalue weighted by Gasteiger charge is -2.28. The van der Waals surface area contributed by atoms with Gasteiger partial charge < -0.3 is 10.2 Å². The van der Waals surface area contributed by atoms with Gasteiger partial charge in [-0.25, -0.2) is 4.39 Å². The third kappa shape index (κ3) is 4.35. The van der Waals surface area contributed by atoms with E-state index in [0.717, 1.165) is 58.2 Å². The van der Waals surface area contributed by atoms with Crippen LogP contribution in [0.5, 0.6) is 0 Å². The maximum atomic E-state index is 14.3. The first-order valence-electron chi connectivity index (χ1n) is 9.39. The number of halogens is 1. The zero-order valence-corrected chi connectivity index (χ0v) is 15.1. The molecule has 0 unspecified atom stereocenters. The van der Waals surface area contributed by atoms with E-state index in [1.165, 1.54) is 6.07 Å². The Hall–Kier alpha value is -1.42. The van der Waals surface area contributed by atoms with Gasteiger partial charge in [-0.1, -0.05) is 44.9 Å². The minimum absolute atomic E-state index is 0.00735. The highest BCUT2D eigenvalue weighted by molar-refractivity contribution is 5.88. The van der Waals surface area contributed by atoms with Crippen LogP contribution in [0.1, 0.15) is 57.9 Å². The fourth-order valence-electron chi connectivity index (χ4n) is 3.82. The topological polar surface area (TPSA) is 32.3 Å². The van der Waals surface area contributed by atoms with Gasteiger partial charge in [0.15, 0.2) is 0 Å². The lowest BCUT2D eigenvalue weighted by molar-refractivity contribution is -0.126. The molecule has 24 heavy (non-hydrogen) atoms. The lowest BCUT2D eigenvalue weighted by atomic mass is 9.77. The van der Waals surface area contributed by atoms with Crippen LogP contribution in [-0.4, -0.2) is 37.0 Å². The maximum absolute atomic E-state index is 14.3. The normalized spacial score (nSPS) is 16.5. The molecule has 0 bridgehead atoms. The Morgan fingerprint density at radius 1 is 1.17 bits per heavy atom. The molecule has 1 saturated carbocycles. The van der Waals surface area contributed by atoms with Crippen molar-refractivity contribution < 1.29 is 9.18 Å². The summed E-state index contributed by atoms with van der Waals surface area (Å²) < 4.78 is 14.3. The number of carbonyl (C=O) groups excluding carboxylic acids is 1. The summed E-state index contributed by atoms with van der Waals surface area (Å²) in [4.78, 5) is 15.2. The number of unbranched alkanes of at least 4 members (excludes halogenated alkanes) is 1. The number of hydrogen-bond acceptors (Lipinski definition) is 2. The van der Waals surface area contributed by atoms with Gasteiger partial charge in [-0.2, -0.15) is 0 Å². The fourth-order valence-corrected chi connectivity index (χ4v) is 3.82. The molecule has 134 valence electrons. The van der Waals surface area contributed by atoms with Gasteiger partial charge in [0.25, 0.3) is 0 Å². The molecule has 0 saturated heterocycles. The summed E-state index contributed by atoms with van der Waals surface area (Å²) in [5, 5.41) is 3.08. The van der Waals surface area contributed by atoms with Crippen molar-refractivity contribution >= 4 is 5.91 Å². The van der Waals surface area contributed by atoms with E-state index in [1.807, 2.05) is 6.07 Å². The number of nitrogens with zero attached hydrogens (tertiary/aromatic N) is 1. The summed E-state index contributed by atoms with van der Waals surface area (Å²) in [6.45, 7) is 8.23. The highest BCUT2D eigenvalue weighted by Gasteiger charge is 2.44. The van der Waals surface area contributed by atoms with E-state index < -0.39 is 5.41 Å². The van der Waals surface area contributed by atoms with Gasteiger partial charge in [-0.15, -0.1) is 0 Å². The third-order valence-electron chi connectivity index (χ3n) is 5.36. The molecule has 0 aromatic heterocycles. The Morgan fingerprint density at radius 2 is 1.83 bits per heavy atom. The van der Waals surface area contributed by atoms with E-state index in [0.29, 0.717) is 12.1 Å². The second-order valence-electron chi connectivity index (χ2n) is 6.76. The van der Waals surface area contributed by atoms with E-state index in [9.17, 15) is 9.18 Å². The molecule has 3 nitrogen and oxygen atoms in total. The van der Waals surface area contributed by atoms with Gasteiger partial charge in [0.2, 0.25) is 5.91 Å². The molecule has 1 N–H and O–H groups in total. The molecule has 1 aliphatic rings. The molecule has 1 fully saturated rings. The summed E-state index contributed by atoms with van der Waals surface area (Å²) in [7, 11) is 0. The van der Waals surface area contributed by atoms with Crippen LogP contribution in [0.25, 0.3) is 0 Å². The van der Waals surface area contributed by atoms with Crippen molar-refractivity contribution in [1.82, 2.24) is 10.2 Å². The third-order valence-corrected chi connectivity index (χ3v) is 5.36. The summed E-state index contributed by atoms with van der Waals surface area (Å²) in [6, 6.07) is 6.76. The van der Waals surface area contributed by atoms with Crippen LogP contribution in [0.3, 0.4) is 0 Å². The summed E-state index contributed by atoms with van der Waals surface area (Å²) >= 11 is 0. The number of carbonyl (C=O) groups is 1. The van der Waals surface area contributed by atoms with Gasteiger partial charge in [0.1, 0.15) is 5.82 Å². The van der Waals surface area contributed by atoms with Crippen LogP contribution >= 0.6 is 0 Å². The standard InChI is InChI=1S/C20H31FN2O/c1-3-23(4-2)16-10-9-15-22-19(24)20(13-7-8-14-20)17-11-5-6-12-18(17)21/h5-6,11-12H,3-4,7-10,13-16H2,1-2H3,(H,22,24). The van der Waals surface area contributed by atoms with Crippen molar-refractivity contribution in [2.75, 3.05) is 26.2 Å². The van der Waals surface area contributed by atoms with Crippen molar-refractivity contribution in [2.45, 2.75) is 57.8 Å². The molecular formula is C20H31FN2O. The summed E-state index contributed by atoms with van der Waals surface area (Å²) in [5.41, 5.74) is -0.0901. The van der Waals surface area contributed by atoms with E-state index in [4.69, 9.17) is 0 Å². The molecule has 1 aliphatic carbocycles. The van der Waals surface area contributed by atoms with Crippen LogP contribution < -0.4 is 5.32 Å². The molecular weight excluding hydrogens is 303 g/mol. The van der Waals surface area contributed by atoms with Crippen LogP contribution in [0.2, 0.25) is 0 Å². The molecule has 0 atom stereocenters. The number of rotatable bonds is 9. The molecule has 1 aromatic carbocycles. The lowest BCUT2D eigenvalue weighted by Crippen LogP contribution is -2.43. The van der Waals surface area contributed by atoms with Crippen molar-refractivity contribution in [3.63, 3.8) is 0 Å². The molecule has 0 aliphatic heterocycles. The van der Waals surface area contributed by atoms with Gasteiger partial charge in [0, 0.05) is 12.1 Å². The van der Waals surface area contributed by atoms with Crippen LogP contribution in [0.4, 0.5) is 4.39 Å². The number of hydrogen-bond donors (Lipinski definition) is 1. The van der Waals surface area contributed by atoms with Crippen molar-refractivity contribution in [1.29, 1.82) is 0 Å². The molecule has 2 rings (SSSR count). The molecule has 0 radical (unpaired) electrons. The molecule has 0 heterocycles. The van der Waals surface area contributed by atoms with Crippen LogP contribution in [-0.2, 0) is 10.2 Å². The molecule has 0 spiro atoms. The van der Waals surface area contributed by atoms with Crippen LogP contribution in [0, 0.1) is 5.82 Å². The van der Waals surface area contributed by atoms with E-state index in [1.54, 1.807) is 12.1 Å². The van der Waals surface area contributed by atoms with E-state index in [-0.39, 0.29) is 11.7 Å². The predicted molar refractivity (Wildman–Crippen MR) is 96.6 cm³/mol. The average Bonchev–Trinajstić information content (AvgIpc) is 3.09. The van der Waals surface area contributed by atoms with Crippen molar-refractivity contribution in [2.24, 2.45) is 0 Å². The van der Waals surface area contributed by atoms with Gasteiger partial charge in [-0.3, -0.25) is 4.79 Å². The second kappa shape index (κ2) is 9.16. The fraction of sp³-hybridized carbons (Fsp3) is 0.650. The minimum Gasteiger partial charge on any atom is -0.355 e. The molecule has 4 heteroatoms. The largest absolute Gasteiger partial charge is 0.355 e. The molecule has 1 amide bonds. The first kappa shape index (κ1) is 18.9. The monoisotopic (exact) mass is 334 g/mol. The highest BCUT2D eigenvalue weighted by atomic mass is 19.1. The van der Waals surface area contributed by atoms with E-state index in [2.05, 4.69) is 24.1 Å². The zero-order chi connectivity index (χ0) is 17.4. The Bertz CT molecular complexity index is 522. The van der Waals surface area contributed by atoms with E-state index >= 15 is 0 Å². The number of nitrogens with one attached hydrogen (secondary N) is 1. The second-order valence-corrected chi connectivity index (χ2v) is 6.76. The zero-order valence-electron chi connectivity index (χ0n) is 15.1. The smallest absolute Gasteiger partial charge is 0.230 e. The number of benzene rings is 1. The predicted octanol–water partition coefficient (Wildman–Crippen LogP) is 3.88. The quantitative estimate of drug-likeness (QED) is 0.695. The summed E-state index contributed by atoms with van der Waals surface area (Å²) in [5.74, 6) is -0.246. The first-order valence-corrected chi connectivity index (χ1v) is 9.39. The average molecular weight is 334 g/mol. The Kier molecular flexibility index (Phi) is 7.22. The van der Waals surface area contributed by atoms with Crippen molar-refractivity contribution in [3.8, 4) is 0 Å². The summed E-state index contributed by atoms with van der Waals surface area (Å²) in [6.07, 6.45) is 5.52. The highest BCUT2D eigenvalue weighted by Crippen LogP contribution is 2.42. The Balaban J connectivity index is 1.90. The van der Waals surface area contributed by atoms with Crippen LogP contribution in [0.15, 0.2) is 24.3 Å². The Labute approximate surface area is 145 Å². The molecule has 1 aromatic rings. The minimum atomic E-state index is -0.662. The number of amides is 1. The van der Waals surface area contributed by atoms with Gasteiger partial charge in [-0.05, 0) is 51.4 Å².